The Hall–Kier alpha value is -2.59. The highest BCUT2D eigenvalue weighted by Gasteiger charge is 2.31. The Morgan fingerprint density at radius 3 is 2.27 bits per heavy atom. The molecule has 0 radical (unpaired) electrons. The van der Waals surface area contributed by atoms with Crippen LogP contribution in [0.2, 0.25) is 5.02 Å². The van der Waals surface area contributed by atoms with E-state index in [1.54, 1.807) is 42.6 Å². The third kappa shape index (κ3) is 2.49. The predicted molar refractivity (Wildman–Crippen MR) is 86.6 cm³/mol. The number of nitrogens with zero attached hydrogens (tertiary/aromatic N) is 1. The van der Waals surface area contributed by atoms with E-state index in [0.29, 0.717) is 21.7 Å². The van der Waals surface area contributed by atoms with E-state index in [1.807, 2.05) is 12.1 Å². The van der Waals surface area contributed by atoms with Crippen LogP contribution >= 0.6 is 11.6 Å². The van der Waals surface area contributed by atoms with Crippen LogP contribution in [0.25, 0.3) is 5.57 Å². The van der Waals surface area contributed by atoms with Gasteiger partial charge in [-0.15, -0.1) is 0 Å². The second-order valence-electron chi connectivity index (χ2n) is 4.92. The summed E-state index contributed by atoms with van der Waals surface area (Å²) in [7, 11) is 1.48. The Morgan fingerprint density at radius 2 is 1.59 bits per heavy atom. The molecule has 0 spiro atoms. The highest BCUT2D eigenvalue weighted by atomic mass is 35.5. The summed E-state index contributed by atoms with van der Waals surface area (Å²) in [6, 6.07) is 14.2. The Balaban J connectivity index is 1.99. The minimum atomic E-state index is -0.329. The molecule has 5 heteroatoms. The van der Waals surface area contributed by atoms with Gasteiger partial charge in [0.2, 0.25) is 0 Å². The van der Waals surface area contributed by atoms with E-state index in [2.05, 4.69) is 5.32 Å². The predicted octanol–water partition coefficient (Wildman–Crippen LogP) is 3.41. The van der Waals surface area contributed by atoms with Crippen LogP contribution in [0.15, 0.2) is 54.7 Å². The van der Waals surface area contributed by atoms with Crippen LogP contribution in [0.5, 0.6) is 0 Å². The number of likely N-dealkylation sites (N-methyl/N-ethyl adjacent to an activating group) is 1. The molecule has 1 N–H and O–H groups in total. The van der Waals surface area contributed by atoms with Crippen molar-refractivity contribution in [3.8, 4) is 0 Å². The summed E-state index contributed by atoms with van der Waals surface area (Å²) in [5.74, 6) is -0.616. The summed E-state index contributed by atoms with van der Waals surface area (Å²) in [6.45, 7) is 0. The first-order valence-electron chi connectivity index (χ1n) is 6.72. The monoisotopic (exact) mass is 312 g/mol. The van der Waals surface area contributed by atoms with Gasteiger partial charge in [0.15, 0.2) is 0 Å². The molecule has 1 aliphatic heterocycles. The third-order valence-electron chi connectivity index (χ3n) is 3.51. The molecular weight excluding hydrogens is 300 g/mol. The fourth-order valence-electron chi connectivity index (χ4n) is 2.31. The van der Waals surface area contributed by atoms with Crippen molar-refractivity contribution in [3.63, 3.8) is 0 Å². The van der Waals surface area contributed by atoms with E-state index in [9.17, 15) is 9.59 Å². The fourth-order valence-corrected chi connectivity index (χ4v) is 2.44. The highest BCUT2D eigenvalue weighted by molar-refractivity contribution is 6.31. The minimum absolute atomic E-state index is 0.288. The number of fused-ring (bicyclic) bond motifs is 1. The standard InChI is InChI=1S/C17H13ClN2O2/c1-20-16(21)14-5-3-2-4-13(14)15(17(20)22)10-19-12-8-6-11(18)7-9-12/h2-10,19H,1H3/b15-10-. The van der Waals surface area contributed by atoms with Crippen molar-refractivity contribution < 1.29 is 9.59 Å². The Kier molecular flexibility index (Phi) is 3.69. The molecule has 2 amide bonds. The molecule has 0 atom stereocenters. The molecule has 0 bridgehead atoms. The summed E-state index contributed by atoms with van der Waals surface area (Å²) in [5.41, 5.74) is 2.42. The van der Waals surface area contributed by atoms with Crippen LogP contribution < -0.4 is 5.32 Å². The van der Waals surface area contributed by atoms with E-state index in [-0.39, 0.29) is 11.8 Å². The molecule has 1 aliphatic rings. The quantitative estimate of drug-likeness (QED) is 0.683. The number of amides is 2. The van der Waals surface area contributed by atoms with Gasteiger partial charge in [0, 0.05) is 35.1 Å². The number of imide groups is 1. The van der Waals surface area contributed by atoms with Crippen LogP contribution in [-0.4, -0.2) is 23.8 Å². The van der Waals surface area contributed by atoms with Crippen LogP contribution in [0, 0.1) is 0 Å². The normalized spacial score (nSPS) is 15.9. The van der Waals surface area contributed by atoms with Crippen molar-refractivity contribution >= 4 is 34.7 Å². The number of carbonyl (C=O) groups excluding carboxylic acids is 2. The summed E-state index contributed by atoms with van der Waals surface area (Å²) < 4.78 is 0. The zero-order valence-corrected chi connectivity index (χ0v) is 12.6. The molecule has 2 aromatic rings. The molecule has 0 unspecified atom stereocenters. The smallest absolute Gasteiger partial charge is 0.262 e. The van der Waals surface area contributed by atoms with Gasteiger partial charge in [-0.3, -0.25) is 14.5 Å². The largest absolute Gasteiger partial charge is 0.361 e. The molecular formula is C17H13ClN2O2. The average Bonchev–Trinajstić information content (AvgIpc) is 2.54. The van der Waals surface area contributed by atoms with Crippen molar-refractivity contribution in [3.05, 3.63) is 70.9 Å². The Morgan fingerprint density at radius 1 is 0.955 bits per heavy atom. The number of carbonyl (C=O) groups is 2. The van der Waals surface area contributed by atoms with E-state index < -0.39 is 0 Å². The lowest BCUT2D eigenvalue weighted by molar-refractivity contribution is -0.121. The number of anilines is 1. The summed E-state index contributed by atoms with van der Waals surface area (Å²) in [4.78, 5) is 25.6. The number of halogens is 1. The number of nitrogens with one attached hydrogen (secondary N) is 1. The van der Waals surface area contributed by atoms with Crippen molar-refractivity contribution in [2.45, 2.75) is 0 Å². The molecule has 0 saturated carbocycles. The molecule has 0 aliphatic carbocycles. The van der Waals surface area contributed by atoms with Crippen molar-refractivity contribution in [2.24, 2.45) is 0 Å². The number of rotatable bonds is 2. The third-order valence-corrected chi connectivity index (χ3v) is 3.77. The van der Waals surface area contributed by atoms with E-state index in [1.165, 1.54) is 7.05 Å². The zero-order chi connectivity index (χ0) is 15.7. The first kappa shape index (κ1) is 14.4. The number of hydrogen-bond acceptors (Lipinski definition) is 3. The first-order valence-corrected chi connectivity index (χ1v) is 7.10. The Labute approximate surface area is 133 Å². The maximum atomic E-state index is 12.3. The van der Waals surface area contributed by atoms with Crippen molar-refractivity contribution in [1.82, 2.24) is 4.90 Å². The fraction of sp³-hybridized carbons (Fsp3) is 0.0588. The van der Waals surface area contributed by atoms with Crippen molar-refractivity contribution in [1.29, 1.82) is 0 Å². The number of hydrogen-bond donors (Lipinski definition) is 1. The molecule has 1 heterocycles. The lowest BCUT2D eigenvalue weighted by Crippen LogP contribution is -2.38. The second kappa shape index (κ2) is 5.66. The molecule has 4 nitrogen and oxygen atoms in total. The summed E-state index contributed by atoms with van der Waals surface area (Å²) in [5, 5.41) is 3.71. The first-order chi connectivity index (χ1) is 10.6. The van der Waals surface area contributed by atoms with Crippen LogP contribution in [0.1, 0.15) is 15.9 Å². The van der Waals surface area contributed by atoms with Gasteiger partial charge in [0.25, 0.3) is 11.8 Å². The SMILES string of the molecule is CN1C(=O)/C(=C\Nc2ccc(Cl)cc2)c2ccccc2C1=O. The van der Waals surface area contributed by atoms with Gasteiger partial charge in [-0.1, -0.05) is 29.8 Å². The molecule has 0 fully saturated rings. The van der Waals surface area contributed by atoms with E-state index in [0.717, 1.165) is 10.6 Å². The van der Waals surface area contributed by atoms with Crippen LogP contribution in [0.4, 0.5) is 5.69 Å². The van der Waals surface area contributed by atoms with Gasteiger partial charge in [-0.2, -0.15) is 0 Å². The van der Waals surface area contributed by atoms with Gasteiger partial charge >= 0.3 is 0 Å². The van der Waals surface area contributed by atoms with Gasteiger partial charge in [0.05, 0.1) is 5.57 Å². The van der Waals surface area contributed by atoms with E-state index in [4.69, 9.17) is 11.6 Å². The number of benzene rings is 2. The average molecular weight is 313 g/mol. The maximum absolute atomic E-state index is 12.3. The summed E-state index contributed by atoms with van der Waals surface area (Å²) >= 11 is 5.84. The van der Waals surface area contributed by atoms with Gasteiger partial charge in [-0.25, -0.2) is 0 Å². The van der Waals surface area contributed by atoms with Crippen molar-refractivity contribution in [2.75, 3.05) is 12.4 Å². The molecule has 0 saturated heterocycles. The molecule has 0 aromatic heterocycles. The highest BCUT2D eigenvalue weighted by Crippen LogP contribution is 2.27. The van der Waals surface area contributed by atoms with Crippen LogP contribution in [-0.2, 0) is 4.79 Å². The van der Waals surface area contributed by atoms with E-state index >= 15 is 0 Å². The van der Waals surface area contributed by atoms with Gasteiger partial charge < -0.3 is 5.32 Å². The Bertz CT molecular complexity index is 782. The maximum Gasteiger partial charge on any atom is 0.262 e. The van der Waals surface area contributed by atoms with Crippen LogP contribution in [0.3, 0.4) is 0 Å². The molecule has 3 rings (SSSR count). The lowest BCUT2D eigenvalue weighted by Gasteiger charge is -2.25. The van der Waals surface area contributed by atoms with Gasteiger partial charge in [0.1, 0.15) is 0 Å². The molecule has 2 aromatic carbocycles. The molecule has 110 valence electrons. The summed E-state index contributed by atoms with van der Waals surface area (Å²) in [6.07, 6.45) is 1.62. The molecule has 22 heavy (non-hydrogen) atoms. The topological polar surface area (TPSA) is 49.4 Å². The zero-order valence-electron chi connectivity index (χ0n) is 11.8. The lowest BCUT2D eigenvalue weighted by atomic mass is 9.94. The van der Waals surface area contributed by atoms with Gasteiger partial charge in [-0.05, 0) is 30.3 Å². The minimum Gasteiger partial charge on any atom is -0.361 e. The second-order valence-corrected chi connectivity index (χ2v) is 5.36.